The number of carboxylic acids is 1. The van der Waals surface area contributed by atoms with E-state index in [4.69, 9.17) is 9.72 Å². The smallest absolute Gasteiger partial charge is 0.414 e. The number of anilines is 3. The summed E-state index contributed by atoms with van der Waals surface area (Å²) >= 11 is 0. The highest BCUT2D eigenvalue weighted by molar-refractivity contribution is 5.96. The lowest BCUT2D eigenvalue weighted by Crippen LogP contribution is -2.42. The third-order valence-corrected chi connectivity index (χ3v) is 7.85. The lowest BCUT2D eigenvalue weighted by atomic mass is 9.85. The van der Waals surface area contributed by atoms with Gasteiger partial charge in [-0.1, -0.05) is 6.42 Å². The Kier molecular flexibility index (Phi) is 6.50. The molecule has 192 valence electrons. The fourth-order valence-electron chi connectivity index (χ4n) is 5.86. The van der Waals surface area contributed by atoms with Crippen molar-refractivity contribution in [1.29, 1.82) is 5.26 Å². The summed E-state index contributed by atoms with van der Waals surface area (Å²) in [6, 6.07) is 13.4. The van der Waals surface area contributed by atoms with Crippen LogP contribution < -0.4 is 9.80 Å². The molecule has 37 heavy (non-hydrogen) atoms. The Bertz CT molecular complexity index is 1390. The number of aromatic nitrogens is 2. The number of fused-ring (bicyclic) bond motifs is 3. The standard InChI is InChI=1S/C28H31N5O4/c1-17-7-12-22-23(32(17)28(36)37-3)13-14-24-25(22)30-27(31(2)20-10-8-18(16-29)9-11-20)33(24)21-6-4-5-19(15-21)26(34)35/h8-11,13-14,17,19,21H,4-7,12,15H2,1-3H3,(H,34,35)/t17-,19+,21+/m0/s1. The summed E-state index contributed by atoms with van der Waals surface area (Å²) in [7, 11) is 3.33. The van der Waals surface area contributed by atoms with Gasteiger partial charge in [-0.05, 0) is 75.4 Å². The molecule has 5 rings (SSSR count). The van der Waals surface area contributed by atoms with Gasteiger partial charge in [-0.25, -0.2) is 9.78 Å². The largest absolute Gasteiger partial charge is 0.481 e. The molecule has 0 radical (unpaired) electrons. The second-order valence-electron chi connectivity index (χ2n) is 10.0. The number of ether oxygens (including phenoxy) is 1. The summed E-state index contributed by atoms with van der Waals surface area (Å²) in [4.78, 5) is 33.3. The first kappa shape index (κ1) is 24.6. The minimum absolute atomic E-state index is 0.00921. The SMILES string of the molecule is COC(=O)N1c2ccc3c(nc(N(C)c4ccc(C#N)cc4)n3[C@@H]3CCC[C@@H](C(=O)O)C3)c2CC[C@@H]1C. The highest BCUT2D eigenvalue weighted by Gasteiger charge is 2.35. The Balaban J connectivity index is 1.68. The molecule has 2 heterocycles. The maximum atomic E-state index is 12.6. The van der Waals surface area contributed by atoms with Crippen LogP contribution in [0.5, 0.6) is 0 Å². The summed E-state index contributed by atoms with van der Waals surface area (Å²) in [6.45, 7) is 2.01. The number of nitriles is 1. The van der Waals surface area contributed by atoms with Gasteiger partial charge in [0.25, 0.3) is 0 Å². The zero-order valence-corrected chi connectivity index (χ0v) is 21.3. The molecule has 1 saturated carbocycles. The number of rotatable bonds is 4. The molecular weight excluding hydrogens is 470 g/mol. The molecule has 3 atom stereocenters. The lowest BCUT2D eigenvalue weighted by Gasteiger charge is -2.34. The molecule has 0 saturated heterocycles. The number of aryl methyl sites for hydroxylation is 1. The monoisotopic (exact) mass is 501 g/mol. The highest BCUT2D eigenvalue weighted by Crippen LogP contribution is 2.43. The van der Waals surface area contributed by atoms with E-state index in [0.29, 0.717) is 24.4 Å². The maximum absolute atomic E-state index is 12.6. The molecule has 2 aliphatic rings. The first-order valence-corrected chi connectivity index (χ1v) is 12.7. The molecule has 1 N–H and O–H groups in total. The topological polar surface area (TPSA) is 112 Å². The zero-order chi connectivity index (χ0) is 26.3. The van der Waals surface area contributed by atoms with Crippen molar-refractivity contribution in [2.24, 2.45) is 5.92 Å². The molecule has 0 spiro atoms. The molecule has 0 bridgehead atoms. The van der Waals surface area contributed by atoms with E-state index in [1.165, 1.54) is 7.11 Å². The van der Waals surface area contributed by atoms with Gasteiger partial charge < -0.3 is 19.3 Å². The van der Waals surface area contributed by atoms with Crippen molar-refractivity contribution in [1.82, 2.24) is 9.55 Å². The van der Waals surface area contributed by atoms with Crippen LogP contribution in [0.25, 0.3) is 11.0 Å². The maximum Gasteiger partial charge on any atom is 0.414 e. The summed E-state index contributed by atoms with van der Waals surface area (Å²) < 4.78 is 7.26. The molecule has 1 amide bonds. The number of amides is 1. The minimum Gasteiger partial charge on any atom is -0.481 e. The van der Waals surface area contributed by atoms with E-state index in [-0.39, 0.29) is 12.1 Å². The number of methoxy groups -OCH3 is 1. The summed E-state index contributed by atoms with van der Waals surface area (Å²) in [5.74, 6) is -0.429. The molecule has 1 aliphatic heterocycles. The fourth-order valence-corrected chi connectivity index (χ4v) is 5.86. The molecule has 1 aromatic heterocycles. The van der Waals surface area contributed by atoms with Gasteiger partial charge in [0, 0.05) is 30.4 Å². The Morgan fingerprint density at radius 3 is 2.59 bits per heavy atom. The normalized spacial score (nSPS) is 21.2. The minimum atomic E-state index is -0.754. The van der Waals surface area contributed by atoms with Crippen LogP contribution in [-0.2, 0) is 16.0 Å². The van der Waals surface area contributed by atoms with Crippen molar-refractivity contribution in [2.45, 2.75) is 57.5 Å². The van der Waals surface area contributed by atoms with Crippen molar-refractivity contribution in [2.75, 3.05) is 24.0 Å². The number of hydrogen-bond acceptors (Lipinski definition) is 6. The highest BCUT2D eigenvalue weighted by atomic mass is 16.5. The second-order valence-corrected chi connectivity index (χ2v) is 10.0. The average molecular weight is 502 g/mol. The van der Waals surface area contributed by atoms with Gasteiger partial charge in [0.2, 0.25) is 5.95 Å². The quantitative estimate of drug-likeness (QED) is 0.509. The van der Waals surface area contributed by atoms with E-state index in [1.807, 2.05) is 43.1 Å². The van der Waals surface area contributed by atoms with Crippen molar-refractivity contribution >= 4 is 40.4 Å². The molecule has 9 heteroatoms. The summed E-state index contributed by atoms with van der Waals surface area (Å²) in [6.07, 6.45) is 4.10. The number of aliphatic carboxylic acids is 1. The van der Waals surface area contributed by atoms with Gasteiger partial charge in [-0.3, -0.25) is 9.69 Å². The molecule has 9 nitrogen and oxygen atoms in total. The Hall–Kier alpha value is -4.06. The van der Waals surface area contributed by atoms with E-state index in [2.05, 4.69) is 10.6 Å². The van der Waals surface area contributed by atoms with Crippen LogP contribution in [-0.4, -0.2) is 46.9 Å². The van der Waals surface area contributed by atoms with Crippen LogP contribution in [0, 0.1) is 17.2 Å². The predicted molar refractivity (Wildman–Crippen MR) is 140 cm³/mol. The molecule has 1 aliphatic carbocycles. The number of carbonyl (C=O) groups excluding carboxylic acids is 1. The van der Waals surface area contributed by atoms with Gasteiger partial charge in [0.05, 0.1) is 41.4 Å². The zero-order valence-electron chi connectivity index (χ0n) is 21.3. The average Bonchev–Trinajstić information content (AvgIpc) is 3.32. The number of carboxylic acid groups (broad SMARTS) is 1. The van der Waals surface area contributed by atoms with Crippen LogP contribution in [0.1, 0.15) is 56.2 Å². The summed E-state index contributed by atoms with van der Waals surface area (Å²) in [5.41, 5.74) is 5.02. The van der Waals surface area contributed by atoms with Crippen molar-refractivity contribution in [3.05, 3.63) is 47.5 Å². The van der Waals surface area contributed by atoms with E-state index >= 15 is 0 Å². The third kappa shape index (κ3) is 4.26. The molecular formula is C28H31N5O4. The van der Waals surface area contributed by atoms with E-state index < -0.39 is 18.0 Å². The summed E-state index contributed by atoms with van der Waals surface area (Å²) in [5, 5.41) is 19.0. The van der Waals surface area contributed by atoms with Gasteiger partial charge in [-0.2, -0.15) is 5.26 Å². The van der Waals surface area contributed by atoms with Gasteiger partial charge in [0.15, 0.2) is 0 Å². The van der Waals surface area contributed by atoms with Gasteiger partial charge in [-0.15, -0.1) is 0 Å². The van der Waals surface area contributed by atoms with Crippen LogP contribution in [0.15, 0.2) is 36.4 Å². The van der Waals surface area contributed by atoms with Crippen LogP contribution in [0.4, 0.5) is 22.1 Å². The fraction of sp³-hybridized carbons (Fsp3) is 0.429. The Morgan fingerprint density at radius 1 is 1.16 bits per heavy atom. The van der Waals surface area contributed by atoms with Crippen molar-refractivity contribution < 1.29 is 19.4 Å². The number of imidazole rings is 1. The second kappa shape index (κ2) is 9.77. The van der Waals surface area contributed by atoms with E-state index in [1.54, 1.807) is 17.0 Å². The van der Waals surface area contributed by atoms with Crippen LogP contribution in [0.2, 0.25) is 0 Å². The van der Waals surface area contributed by atoms with Gasteiger partial charge in [0.1, 0.15) is 0 Å². The number of benzene rings is 2. The number of carbonyl (C=O) groups is 2. The first-order chi connectivity index (χ1) is 17.8. The number of nitrogens with zero attached hydrogens (tertiary/aromatic N) is 5. The molecule has 0 unspecified atom stereocenters. The van der Waals surface area contributed by atoms with E-state index in [9.17, 15) is 20.0 Å². The van der Waals surface area contributed by atoms with Crippen LogP contribution >= 0.6 is 0 Å². The molecule has 3 aromatic rings. The van der Waals surface area contributed by atoms with Crippen LogP contribution in [0.3, 0.4) is 0 Å². The lowest BCUT2D eigenvalue weighted by molar-refractivity contribution is -0.143. The van der Waals surface area contributed by atoms with E-state index in [0.717, 1.165) is 53.7 Å². The van der Waals surface area contributed by atoms with Gasteiger partial charge >= 0.3 is 12.1 Å². The van der Waals surface area contributed by atoms with Crippen molar-refractivity contribution in [3.8, 4) is 6.07 Å². The Morgan fingerprint density at radius 2 is 1.92 bits per heavy atom. The Labute approximate surface area is 215 Å². The first-order valence-electron chi connectivity index (χ1n) is 12.7. The molecule has 2 aromatic carbocycles. The molecule has 1 fully saturated rings. The van der Waals surface area contributed by atoms with Crippen molar-refractivity contribution in [3.63, 3.8) is 0 Å². The number of hydrogen-bond donors (Lipinski definition) is 1. The third-order valence-electron chi connectivity index (χ3n) is 7.85. The predicted octanol–water partition coefficient (Wildman–Crippen LogP) is 5.40.